The van der Waals surface area contributed by atoms with E-state index in [-0.39, 0.29) is 23.3 Å². The molecule has 2 heterocycles. The highest BCUT2D eigenvalue weighted by Gasteiger charge is 2.14. The van der Waals surface area contributed by atoms with Crippen molar-refractivity contribution >= 4 is 39.2 Å². The first kappa shape index (κ1) is 21.4. The van der Waals surface area contributed by atoms with Gasteiger partial charge in [0.05, 0.1) is 12.7 Å². The number of halogens is 1. The van der Waals surface area contributed by atoms with Gasteiger partial charge in [0.15, 0.2) is 5.01 Å². The van der Waals surface area contributed by atoms with E-state index in [1.807, 2.05) is 0 Å². The highest BCUT2D eigenvalue weighted by Crippen LogP contribution is 2.26. The van der Waals surface area contributed by atoms with Crippen LogP contribution in [0.1, 0.15) is 41.4 Å². The number of thiazole rings is 1. The van der Waals surface area contributed by atoms with Gasteiger partial charge in [0.25, 0.3) is 5.91 Å². The number of rotatable bonds is 4. The van der Waals surface area contributed by atoms with Crippen LogP contribution in [0.3, 0.4) is 0 Å². The Kier molecular flexibility index (Phi) is 7.51. The molecule has 7 nitrogen and oxygen atoms in total. The summed E-state index contributed by atoms with van der Waals surface area (Å²) in [5.41, 5.74) is 1.34. The third-order valence-corrected chi connectivity index (χ3v) is 4.48. The molecule has 3 N–H and O–H groups in total. The first-order chi connectivity index (χ1) is 13.4. The number of carbonyl (C=O) groups excluding carboxylic acids is 2. The van der Waals surface area contributed by atoms with Gasteiger partial charge in [0, 0.05) is 18.0 Å². The summed E-state index contributed by atoms with van der Waals surface area (Å²) in [5, 5.41) is 9.09. The second-order valence-corrected chi connectivity index (χ2v) is 6.94. The van der Waals surface area contributed by atoms with Crippen molar-refractivity contribution in [2.75, 3.05) is 12.4 Å². The molecule has 0 unspecified atom stereocenters. The normalized spacial score (nSPS) is 10.2. The Morgan fingerprint density at radius 1 is 1.29 bits per heavy atom. The van der Waals surface area contributed by atoms with Gasteiger partial charge in [0.1, 0.15) is 22.2 Å². The highest BCUT2D eigenvalue weighted by molar-refractivity contribution is 7.17. The van der Waals surface area contributed by atoms with Gasteiger partial charge in [-0.05, 0) is 25.1 Å². The quantitative estimate of drug-likeness (QED) is 0.597. The number of anilines is 1. The van der Waals surface area contributed by atoms with Gasteiger partial charge in [0.2, 0.25) is 0 Å². The molecule has 150 valence electrons. The fourth-order valence-electron chi connectivity index (χ4n) is 2.27. The first-order valence-electron chi connectivity index (χ1n) is 8.79. The maximum atomic E-state index is 13.3. The summed E-state index contributed by atoms with van der Waals surface area (Å²) in [4.78, 5) is 27.3. The fraction of sp³-hybridized carbons (Fsp3) is 0.316. The van der Waals surface area contributed by atoms with Crippen molar-refractivity contribution in [1.29, 1.82) is 0 Å². The van der Waals surface area contributed by atoms with Crippen molar-refractivity contribution in [2.45, 2.75) is 33.7 Å². The molecule has 2 aromatic heterocycles. The summed E-state index contributed by atoms with van der Waals surface area (Å²) in [6.45, 7) is 6.20. The summed E-state index contributed by atoms with van der Waals surface area (Å²) in [6.07, 6.45) is 2.66. The lowest BCUT2D eigenvalue weighted by Crippen LogP contribution is -2.27. The zero-order valence-electron chi connectivity index (χ0n) is 16.2. The predicted molar refractivity (Wildman–Crippen MR) is 108 cm³/mol. The van der Waals surface area contributed by atoms with E-state index in [0.29, 0.717) is 21.7 Å². The Hall–Kier alpha value is -2.94. The standard InChI is InChI=1S/C16H15FN4O3S.C3H8/c1-8-10-5-9(17)3-4-11(10)24-12(8)6-20-16(23)21-13-7-19-15(25-13)14(22)18-2;1-3-2/h3-5,7H,6H2,1-2H3,(H,18,22)(H2,20,21,23);3H2,1-2H3. The number of nitrogens with zero attached hydrogens (tertiary/aromatic N) is 1. The van der Waals surface area contributed by atoms with Gasteiger partial charge < -0.3 is 15.1 Å². The van der Waals surface area contributed by atoms with Gasteiger partial charge in [-0.3, -0.25) is 10.1 Å². The lowest BCUT2D eigenvalue weighted by atomic mass is 10.1. The maximum absolute atomic E-state index is 13.3. The minimum absolute atomic E-state index is 0.148. The molecular formula is C19H23FN4O3S. The number of urea groups is 1. The molecule has 1 aromatic carbocycles. The van der Waals surface area contributed by atoms with E-state index in [1.165, 1.54) is 31.8 Å². The molecule has 0 fully saturated rings. The molecule has 0 atom stereocenters. The third kappa shape index (κ3) is 5.29. The molecule has 0 aliphatic rings. The van der Waals surface area contributed by atoms with Crippen molar-refractivity contribution in [3.05, 3.63) is 46.5 Å². The number of hydrogen-bond acceptors (Lipinski definition) is 5. The van der Waals surface area contributed by atoms with Crippen LogP contribution in [0, 0.1) is 12.7 Å². The van der Waals surface area contributed by atoms with Crippen LogP contribution in [0.25, 0.3) is 11.0 Å². The summed E-state index contributed by atoms with van der Waals surface area (Å²) >= 11 is 1.06. The lowest BCUT2D eigenvalue weighted by molar-refractivity contribution is 0.0962. The summed E-state index contributed by atoms with van der Waals surface area (Å²) < 4.78 is 18.9. The van der Waals surface area contributed by atoms with E-state index < -0.39 is 6.03 Å². The Labute approximate surface area is 166 Å². The topological polar surface area (TPSA) is 96.3 Å². The van der Waals surface area contributed by atoms with Crippen molar-refractivity contribution in [3.8, 4) is 0 Å². The first-order valence-corrected chi connectivity index (χ1v) is 9.61. The van der Waals surface area contributed by atoms with E-state index >= 15 is 0 Å². The SMILES string of the molecule is CCC.CNC(=O)c1ncc(NC(=O)NCc2oc3ccc(F)cc3c2C)s1. The second kappa shape index (κ2) is 9.84. The van der Waals surface area contributed by atoms with Gasteiger partial charge in [-0.1, -0.05) is 31.6 Å². The Morgan fingerprint density at radius 3 is 2.68 bits per heavy atom. The monoisotopic (exact) mass is 406 g/mol. The molecule has 0 saturated carbocycles. The zero-order valence-corrected chi connectivity index (χ0v) is 17.0. The van der Waals surface area contributed by atoms with Crippen molar-refractivity contribution in [2.24, 2.45) is 0 Å². The van der Waals surface area contributed by atoms with E-state index in [1.54, 1.807) is 13.0 Å². The van der Waals surface area contributed by atoms with E-state index in [0.717, 1.165) is 16.9 Å². The van der Waals surface area contributed by atoms with Crippen molar-refractivity contribution in [1.82, 2.24) is 15.6 Å². The van der Waals surface area contributed by atoms with Crippen LogP contribution < -0.4 is 16.0 Å². The number of benzene rings is 1. The number of amides is 3. The number of aryl methyl sites for hydroxylation is 1. The van der Waals surface area contributed by atoms with Crippen LogP contribution in [0.5, 0.6) is 0 Å². The molecule has 0 saturated heterocycles. The minimum Gasteiger partial charge on any atom is -0.459 e. The molecule has 9 heteroatoms. The van der Waals surface area contributed by atoms with Crippen LogP contribution in [-0.2, 0) is 6.54 Å². The molecule has 0 bridgehead atoms. The Balaban J connectivity index is 0.000000878. The molecule has 0 radical (unpaired) electrons. The number of furan rings is 1. The predicted octanol–water partition coefficient (Wildman–Crippen LogP) is 4.43. The Bertz CT molecular complexity index is 967. The average molecular weight is 406 g/mol. The second-order valence-electron chi connectivity index (χ2n) is 5.91. The third-order valence-electron chi connectivity index (χ3n) is 3.57. The van der Waals surface area contributed by atoms with E-state index in [9.17, 15) is 14.0 Å². The van der Waals surface area contributed by atoms with Crippen LogP contribution in [-0.4, -0.2) is 24.0 Å². The Morgan fingerprint density at radius 2 is 2.00 bits per heavy atom. The van der Waals surface area contributed by atoms with Crippen LogP contribution >= 0.6 is 11.3 Å². The van der Waals surface area contributed by atoms with Gasteiger partial charge in [-0.2, -0.15) is 0 Å². The fourth-order valence-corrected chi connectivity index (χ4v) is 3.03. The van der Waals surface area contributed by atoms with Crippen molar-refractivity contribution < 1.29 is 18.4 Å². The number of hydrogen-bond donors (Lipinski definition) is 3. The maximum Gasteiger partial charge on any atom is 0.320 e. The van der Waals surface area contributed by atoms with Gasteiger partial charge >= 0.3 is 6.03 Å². The van der Waals surface area contributed by atoms with Crippen LogP contribution in [0.4, 0.5) is 14.2 Å². The number of nitrogens with one attached hydrogen (secondary N) is 3. The van der Waals surface area contributed by atoms with Crippen molar-refractivity contribution in [3.63, 3.8) is 0 Å². The van der Waals surface area contributed by atoms with Gasteiger partial charge in [-0.15, -0.1) is 0 Å². The molecule has 28 heavy (non-hydrogen) atoms. The summed E-state index contributed by atoms with van der Waals surface area (Å²) in [7, 11) is 1.51. The molecule has 0 spiro atoms. The molecule has 0 aliphatic heterocycles. The smallest absolute Gasteiger partial charge is 0.320 e. The highest BCUT2D eigenvalue weighted by atomic mass is 32.1. The summed E-state index contributed by atoms with van der Waals surface area (Å²) in [5.74, 6) is -0.111. The molecular weight excluding hydrogens is 383 g/mol. The number of carbonyl (C=O) groups is 2. The summed E-state index contributed by atoms with van der Waals surface area (Å²) in [6, 6.07) is 3.81. The zero-order chi connectivity index (χ0) is 20.7. The minimum atomic E-state index is -0.460. The molecule has 0 aliphatic carbocycles. The largest absolute Gasteiger partial charge is 0.459 e. The van der Waals surface area contributed by atoms with Crippen LogP contribution in [0.2, 0.25) is 0 Å². The van der Waals surface area contributed by atoms with E-state index in [2.05, 4.69) is 34.8 Å². The average Bonchev–Trinajstić information content (AvgIpc) is 3.25. The van der Waals surface area contributed by atoms with Crippen LogP contribution in [0.15, 0.2) is 28.8 Å². The van der Waals surface area contributed by atoms with Gasteiger partial charge in [-0.25, -0.2) is 14.2 Å². The number of aromatic nitrogens is 1. The lowest BCUT2D eigenvalue weighted by Gasteiger charge is -2.04. The molecule has 3 amide bonds. The molecule has 3 rings (SSSR count). The number of fused-ring (bicyclic) bond motifs is 1. The van der Waals surface area contributed by atoms with E-state index in [4.69, 9.17) is 4.42 Å². The molecule has 3 aromatic rings.